The number of anilines is 1. The second-order valence-corrected chi connectivity index (χ2v) is 6.77. The summed E-state index contributed by atoms with van der Waals surface area (Å²) in [5, 5.41) is 3.88. The van der Waals surface area contributed by atoms with Crippen molar-refractivity contribution in [3.05, 3.63) is 50.7 Å². The topological polar surface area (TPSA) is 3.24 Å². The Labute approximate surface area is 131 Å². The molecule has 1 aliphatic rings. The van der Waals surface area contributed by atoms with Gasteiger partial charge in [0, 0.05) is 16.8 Å². The van der Waals surface area contributed by atoms with Crippen molar-refractivity contribution in [2.45, 2.75) is 24.7 Å². The lowest BCUT2D eigenvalue weighted by molar-refractivity contribution is 0.631. The summed E-state index contributed by atoms with van der Waals surface area (Å²) in [6.45, 7) is 3.31. The maximum Gasteiger partial charge on any atom is 0.0642 e. The molecule has 1 nitrogen and oxygen atoms in total. The zero-order valence-corrected chi connectivity index (χ0v) is 13.9. The summed E-state index contributed by atoms with van der Waals surface area (Å²) < 4.78 is 0. The zero-order chi connectivity index (χ0) is 13.4. The summed E-state index contributed by atoms with van der Waals surface area (Å²) in [6.07, 6.45) is 1.12. The van der Waals surface area contributed by atoms with E-state index in [1.54, 1.807) is 0 Å². The summed E-state index contributed by atoms with van der Waals surface area (Å²) in [7, 11) is 0. The Morgan fingerprint density at radius 3 is 3.05 bits per heavy atom. The third-order valence-electron chi connectivity index (χ3n) is 3.78. The van der Waals surface area contributed by atoms with Crippen LogP contribution in [0.15, 0.2) is 29.6 Å². The average molecular weight is 357 g/mol. The van der Waals surface area contributed by atoms with Crippen LogP contribution in [-0.4, -0.2) is 6.54 Å². The molecule has 0 N–H and O–H groups in total. The summed E-state index contributed by atoms with van der Waals surface area (Å²) in [5.41, 5.74) is 3.90. The van der Waals surface area contributed by atoms with Gasteiger partial charge in [-0.3, -0.25) is 0 Å². The molecule has 100 valence electrons. The van der Waals surface area contributed by atoms with Gasteiger partial charge in [-0.2, -0.15) is 0 Å². The number of fused-ring (bicyclic) bond motifs is 1. The molecule has 0 radical (unpaired) electrons. The maximum absolute atomic E-state index is 6.45. The van der Waals surface area contributed by atoms with Crippen LogP contribution < -0.4 is 4.90 Å². The summed E-state index contributed by atoms with van der Waals surface area (Å²) >= 11 is 11.9. The zero-order valence-electron chi connectivity index (χ0n) is 10.7. The number of halogens is 2. The Bertz CT molecular complexity index is 596. The average Bonchev–Trinajstić information content (AvgIpc) is 2.89. The standard InChI is InChI=1S/C15H15BrClNS/c1-10-12-6-8-19-14(12)5-7-18(10)15-11(9-16)3-2-4-13(15)17/h2-4,6,8,10H,5,7,9H2,1H3. The van der Waals surface area contributed by atoms with Gasteiger partial charge in [0.15, 0.2) is 0 Å². The minimum Gasteiger partial charge on any atom is -0.363 e. The third kappa shape index (κ3) is 2.32. The number of alkyl halides is 1. The van der Waals surface area contributed by atoms with Gasteiger partial charge in [-0.25, -0.2) is 0 Å². The summed E-state index contributed by atoms with van der Waals surface area (Å²) in [5.74, 6) is 0. The van der Waals surface area contributed by atoms with Crippen LogP contribution in [0, 0.1) is 0 Å². The van der Waals surface area contributed by atoms with Gasteiger partial charge in [-0.15, -0.1) is 11.3 Å². The number of benzene rings is 1. The molecular formula is C15H15BrClNS. The normalized spacial score (nSPS) is 18.5. The van der Waals surface area contributed by atoms with E-state index in [1.807, 2.05) is 23.5 Å². The molecule has 2 aromatic rings. The molecule has 0 saturated carbocycles. The van der Waals surface area contributed by atoms with Crippen molar-refractivity contribution in [1.29, 1.82) is 0 Å². The highest BCUT2D eigenvalue weighted by atomic mass is 79.9. The highest BCUT2D eigenvalue weighted by Gasteiger charge is 2.27. The minimum absolute atomic E-state index is 0.396. The number of rotatable bonds is 2. The number of thiophene rings is 1. The van der Waals surface area contributed by atoms with E-state index in [0.29, 0.717) is 6.04 Å². The Morgan fingerprint density at radius 2 is 2.26 bits per heavy atom. The van der Waals surface area contributed by atoms with Crippen LogP contribution in [-0.2, 0) is 11.8 Å². The number of nitrogens with zero attached hydrogens (tertiary/aromatic N) is 1. The highest BCUT2D eigenvalue weighted by molar-refractivity contribution is 9.08. The van der Waals surface area contributed by atoms with Gasteiger partial charge in [-0.1, -0.05) is 39.7 Å². The van der Waals surface area contributed by atoms with Crippen LogP contribution >= 0.6 is 38.9 Å². The Kier molecular flexibility index (Phi) is 3.88. The first-order valence-corrected chi connectivity index (χ1v) is 8.76. The quantitative estimate of drug-likeness (QED) is 0.649. The molecule has 4 heteroatoms. The van der Waals surface area contributed by atoms with Crippen molar-refractivity contribution in [3.8, 4) is 0 Å². The number of hydrogen-bond donors (Lipinski definition) is 0. The lowest BCUT2D eigenvalue weighted by Crippen LogP contribution is -2.33. The second-order valence-electron chi connectivity index (χ2n) is 4.80. The van der Waals surface area contributed by atoms with E-state index in [2.05, 4.69) is 45.3 Å². The summed E-state index contributed by atoms with van der Waals surface area (Å²) in [4.78, 5) is 3.96. The molecule has 0 amide bonds. The van der Waals surface area contributed by atoms with Gasteiger partial charge in [0.05, 0.1) is 16.8 Å². The monoisotopic (exact) mass is 355 g/mol. The molecular weight excluding hydrogens is 342 g/mol. The molecule has 0 saturated heterocycles. The van der Waals surface area contributed by atoms with Gasteiger partial charge < -0.3 is 4.90 Å². The van der Waals surface area contributed by atoms with Gasteiger partial charge >= 0.3 is 0 Å². The van der Waals surface area contributed by atoms with Gasteiger partial charge in [0.2, 0.25) is 0 Å². The van der Waals surface area contributed by atoms with Crippen LogP contribution in [0.3, 0.4) is 0 Å². The molecule has 3 rings (SSSR count). The molecule has 0 spiro atoms. The van der Waals surface area contributed by atoms with E-state index in [4.69, 9.17) is 11.6 Å². The maximum atomic E-state index is 6.45. The van der Waals surface area contributed by atoms with Crippen LogP contribution in [0.5, 0.6) is 0 Å². The largest absolute Gasteiger partial charge is 0.363 e. The van der Waals surface area contributed by atoms with Gasteiger partial charge in [0.25, 0.3) is 0 Å². The number of para-hydroxylation sites is 1. The Hall–Kier alpha value is -0.510. The smallest absolute Gasteiger partial charge is 0.0642 e. The highest BCUT2D eigenvalue weighted by Crippen LogP contribution is 2.40. The fourth-order valence-electron chi connectivity index (χ4n) is 2.80. The SMILES string of the molecule is CC1c2ccsc2CCN1c1c(Cl)cccc1CBr. The molecule has 0 aliphatic carbocycles. The molecule has 0 bridgehead atoms. The third-order valence-corrected chi connectivity index (χ3v) is 5.68. The van der Waals surface area contributed by atoms with Crippen LogP contribution in [0.1, 0.15) is 29.0 Å². The molecule has 1 aliphatic heterocycles. The molecule has 1 unspecified atom stereocenters. The van der Waals surface area contributed by atoms with Crippen molar-refractivity contribution in [2.75, 3.05) is 11.4 Å². The molecule has 1 atom stereocenters. The first-order chi connectivity index (χ1) is 9.22. The molecule has 1 aromatic heterocycles. The predicted molar refractivity (Wildman–Crippen MR) is 87.9 cm³/mol. The predicted octanol–water partition coefficient (Wildman–Crippen LogP) is 5.42. The fraction of sp³-hybridized carbons (Fsp3) is 0.333. The van der Waals surface area contributed by atoms with Crippen molar-refractivity contribution in [2.24, 2.45) is 0 Å². The Morgan fingerprint density at radius 1 is 1.42 bits per heavy atom. The van der Waals surface area contributed by atoms with E-state index in [9.17, 15) is 0 Å². The van der Waals surface area contributed by atoms with E-state index < -0.39 is 0 Å². The number of hydrogen-bond acceptors (Lipinski definition) is 2. The van der Waals surface area contributed by atoms with Crippen molar-refractivity contribution >= 4 is 44.6 Å². The van der Waals surface area contributed by atoms with Crippen LogP contribution in [0.4, 0.5) is 5.69 Å². The fourth-order valence-corrected chi connectivity index (χ4v) is 4.52. The first kappa shape index (κ1) is 13.5. The van der Waals surface area contributed by atoms with Crippen LogP contribution in [0.2, 0.25) is 5.02 Å². The van der Waals surface area contributed by atoms with Crippen molar-refractivity contribution in [3.63, 3.8) is 0 Å². The second kappa shape index (κ2) is 5.47. The van der Waals surface area contributed by atoms with Gasteiger partial charge in [0.1, 0.15) is 0 Å². The Balaban J connectivity index is 2.05. The van der Waals surface area contributed by atoms with Gasteiger partial charge in [-0.05, 0) is 42.0 Å². The van der Waals surface area contributed by atoms with E-state index in [1.165, 1.54) is 21.7 Å². The summed E-state index contributed by atoms with van der Waals surface area (Å²) in [6, 6.07) is 8.80. The van der Waals surface area contributed by atoms with Crippen molar-refractivity contribution in [1.82, 2.24) is 0 Å². The molecule has 0 fully saturated rings. The van der Waals surface area contributed by atoms with Crippen molar-refractivity contribution < 1.29 is 0 Å². The minimum atomic E-state index is 0.396. The van der Waals surface area contributed by atoms with E-state index in [-0.39, 0.29) is 0 Å². The lowest BCUT2D eigenvalue weighted by Gasteiger charge is -2.37. The van der Waals surface area contributed by atoms with E-state index >= 15 is 0 Å². The van der Waals surface area contributed by atoms with Crippen LogP contribution in [0.25, 0.3) is 0 Å². The first-order valence-electron chi connectivity index (χ1n) is 6.38. The van der Waals surface area contributed by atoms with E-state index in [0.717, 1.165) is 23.3 Å². The molecule has 1 aromatic carbocycles. The molecule has 19 heavy (non-hydrogen) atoms. The lowest BCUT2D eigenvalue weighted by atomic mass is 9.99. The molecule has 2 heterocycles.